The summed E-state index contributed by atoms with van der Waals surface area (Å²) >= 11 is 6.52. The summed E-state index contributed by atoms with van der Waals surface area (Å²) in [4.78, 5) is 12.6. The molecule has 2 aromatic carbocycles. The van der Waals surface area contributed by atoms with E-state index in [-0.39, 0.29) is 11.7 Å². The van der Waals surface area contributed by atoms with Gasteiger partial charge in [-0.1, -0.05) is 75.2 Å². The quantitative estimate of drug-likeness (QED) is 0.488. The lowest BCUT2D eigenvalue weighted by Crippen LogP contribution is -2.29. The van der Waals surface area contributed by atoms with Crippen molar-refractivity contribution in [3.8, 4) is 5.75 Å². The predicted molar refractivity (Wildman–Crippen MR) is 121 cm³/mol. The fourth-order valence-corrected chi connectivity index (χ4v) is 3.83. The minimum absolute atomic E-state index is 0.0362. The Labute approximate surface area is 178 Å². The Bertz CT molecular complexity index is 904. The van der Waals surface area contributed by atoms with E-state index in [1.807, 2.05) is 24.3 Å². The number of fused-ring (bicyclic) bond motifs is 1. The normalized spacial score (nSPS) is 13.7. The molecule has 1 heterocycles. The molecule has 1 unspecified atom stereocenters. The Morgan fingerprint density at radius 2 is 1.93 bits per heavy atom. The first-order chi connectivity index (χ1) is 13.9. The van der Waals surface area contributed by atoms with Crippen molar-refractivity contribution in [2.45, 2.75) is 52.0 Å². The minimum Gasteiger partial charge on any atom is -0.505 e. The molecule has 3 N–H and O–H groups in total. The SMILES string of the molecule is CCCCC(=O)NC(c1ccc(C(C)C)cc1)c1cc(Cl)c2c(c1O)NCC=C2. The molecule has 2 aromatic rings. The third-order valence-corrected chi connectivity index (χ3v) is 5.62. The maximum atomic E-state index is 12.6. The number of phenols is 1. The number of halogens is 1. The van der Waals surface area contributed by atoms with E-state index < -0.39 is 6.04 Å². The molecule has 0 aliphatic carbocycles. The summed E-state index contributed by atoms with van der Waals surface area (Å²) in [7, 11) is 0. The second-order valence-corrected chi connectivity index (χ2v) is 8.20. The van der Waals surface area contributed by atoms with E-state index in [2.05, 4.69) is 43.5 Å². The van der Waals surface area contributed by atoms with E-state index in [4.69, 9.17) is 11.6 Å². The zero-order valence-corrected chi connectivity index (χ0v) is 18.0. The monoisotopic (exact) mass is 412 g/mol. The van der Waals surface area contributed by atoms with Crippen molar-refractivity contribution in [3.05, 3.63) is 63.7 Å². The van der Waals surface area contributed by atoms with Gasteiger partial charge in [0, 0.05) is 24.1 Å². The molecule has 1 amide bonds. The zero-order valence-electron chi connectivity index (χ0n) is 17.3. The van der Waals surface area contributed by atoms with Crippen LogP contribution in [-0.4, -0.2) is 17.6 Å². The maximum Gasteiger partial charge on any atom is 0.220 e. The number of phenolic OH excluding ortho intramolecular Hbond substituents is 1. The van der Waals surface area contributed by atoms with Crippen LogP contribution in [0, 0.1) is 0 Å². The van der Waals surface area contributed by atoms with Crippen molar-refractivity contribution in [3.63, 3.8) is 0 Å². The predicted octanol–water partition coefficient (Wildman–Crippen LogP) is 6.00. The Balaban J connectivity index is 2.04. The third kappa shape index (κ3) is 4.76. The van der Waals surface area contributed by atoms with Gasteiger partial charge in [0.2, 0.25) is 5.91 Å². The number of rotatable bonds is 7. The molecule has 3 rings (SSSR count). The highest BCUT2D eigenvalue weighted by atomic mass is 35.5. The van der Waals surface area contributed by atoms with Gasteiger partial charge >= 0.3 is 0 Å². The highest BCUT2D eigenvalue weighted by molar-refractivity contribution is 6.33. The number of unbranched alkanes of at least 4 members (excludes halogenated alkanes) is 1. The van der Waals surface area contributed by atoms with Gasteiger partial charge in [0.25, 0.3) is 0 Å². The van der Waals surface area contributed by atoms with Gasteiger partial charge in [-0.25, -0.2) is 0 Å². The van der Waals surface area contributed by atoms with E-state index in [1.54, 1.807) is 6.07 Å². The van der Waals surface area contributed by atoms with E-state index >= 15 is 0 Å². The van der Waals surface area contributed by atoms with Gasteiger partial charge in [-0.05, 0) is 29.5 Å². The summed E-state index contributed by atoms with van der Waals surface area (Å²) in [6.07, 6.45) is 6.10. The van der Waals surface area contributed by atoms with Crippen LogP contribution in [-0.2, 0) is 4.79 Å². The van der Waals surface area contributed by atoms with Crippen molar-refractivity contribution in [1.29, 1.82) is 0 Å². The first-order valence-corrected chi connectivity index (χ1v) is 10.6. The van der Waals surface area contributed by atoms with Crippen LogP contribution in [0.15, 0.2) is 36.4 Å². The van der Waals surface area contributed by atoms with E-state index in [1.165, 1.54) is 5.56 Å². The van der Waals surface area contributed by atoms with Gasteiger partial charge in [0.15, 0.2) is 0 Å². The Morgan fingerprint density at radius 3 is 2.59 bits per heavy atom. The molecule has 0 bridgehead atoms. The molecular formula is C24H29ClN2O2. The second-order valence-electron chi connectivity index (χ2n) is 7.79. The van der Waals surface area contributed by atoms with Gasteiger partial charge in [0.05, 0.1) is 16.8 Å². The fourth-order valence-electron chi connectivity index (χ4n) is 3.56. The van der Waals surface area contributed by atoms with Crippen molar-refractivity contribution in [2.24, 2.45) is 0 Å². The molecule has 0 saturated heterocycles. The summed E-state index contributed by atoms with van der Waals surface area (Å²) in [5.74, 6) is 0.512. The summed E-state index contributed by atoms with van der Waals surface area (Å²) < 4.78 is 0. The standard InChI is InChI=1S/C24H29ClN2O2/c1-4-5-8-21(28)27-22(17-11-9-16(10-12-17)15(2)3)19-14-20(25)18-7-6-13-26-23(18)24(19)29/h6-7,9-12,14-15,22,26,29H,4-5,8,13H2,1-3H3,(H,27,28). The van der Waals surface area contributed by atoms with E-state index in [9.17, 15) is 9.90 Å². The lowest BCUT2D eigenvalue weighted by molar-refractivity contribution is -0.121. The first kappa shape index (κ1) is 21.3. The number of carbonyl (C=O) groups is 1. The van der Waals surface area contributed by atoms with Crippen LogP contribution in [0.4, 0.5) is 5.69 Å². The highest BCUT2D eigenvalue weighted by Gasteiger charge is 2.25. The molecule has 1 atom stereocenters. The molecule has 4 nitrogen and oxygen atoms in total. The summed E-state index contributed by atoms with van der Waals surface area (Å²) in [5.41, 5.74) is 4.12. The molecule has 0 spiro atoms. The molecule has 29 heavy (non-hydrogen) atoms. The number of hydrogen-bond acceptors (Lipinski definition) is 3. The van der Waals surface area contributed by atoms with Gasteiger partial charge in [-0.2, -0.15) is 0 Å². The molecule has 1 aliphatic heterocycles. The van der Waals surface area contributed by atoms with Gasteiger partial charge in [-0.3, -0.25) is 4.79 Å². The number of aromatic hydroxyl groups is 1. The van der Waals surface area contributed by atoms with E-state index in [0.29, 0.717) is 35.2 Å². The van der Waals surface area contributed by atoms with E-state index in [0.717, 1.165) is 24.0 Å². The zero-order chi connectivity index (χ0) is 21.0. The largest absolute Gasteiger partial charge is 0.505 e. The van der Waals surface area contributed by atoms with Crippen LogP contribution in [0.3, 0.4) is 0 Å². The third-order valence-electron chi connectivity index (χ3n) is 5.31. The molecule has 0 fully saturated rings. The van der Waals surface area contributed by atoms with Crippen LogP contribution in [0.1, 0.15) is 74.2 Å². The number of nitrogens with one attached hydrogen (secondary N) is 2. The topological polar surface area (TPSA) is 61.4 Å². The maximum absolute atomic E-state index is 12.6. The van der Waals surface area contributed by atoms with Crippen molar-refractivity contribution >= 4 is 29.3 Å². The van der Waals surface area contributed by atoms with Crippen molar-refractivity contribution in [2.75, 3.05) is 11.9 Å². The summed E-state index contributed by atoms with van der Waals surface area (Å²) in [6, 6.07) is 9.46. The number of carbonyl (C=O) groups excluding carboxylic acids is 1. The molecule has 0 radical (unpaired) electrons. The van der Waals surface area contributed by atoms with Crippen LogP contribution in [0.5, 0.6) is 5.75 Å². The van der Waals surface area contributed by atoms with Gasteiger partial charge in [0.1, 0.15) is 5.75 Å². The molecule has 154 valence electrons. The number of hydrogen-bond donors (Lipinski definition) is 3. The van der Waals surface area contributed by atoms with Crippen LogP contribution in [0.25, 0.3) is 6.08 Å². The highest BCUT2D eigenvalue weighted by Crippen LogP contribution is 2.43. The average Bonchev–Trinajstić information content (AvgIpc) is 2.73. The fraction of sp³-hybridized carbons (Fsp3) is 0.375. The molecule has 5 heteroatoms. The first-order valence-electron chi connectivity index (χ1n) is 10.3. The smallest absolute Gasteiger partial charge is 0.220 e. The lowest BCUT2D eigenvalue weighted by atomic mass is 9.92. The average molecular weight is 413 g/mol. The number of anilines is 1. The lowest BCUT2D eigenvalue weighted by Gasteiger charge is -2.25. The molecular weight excluding hydrogens is 384 g/mol. The number of amides is 1. The van der Waals surface area contributed by atoms with Gasteiger partial charge < -0.3 is 15.7 Å². The Hall–Kier alpha value is -2.46. The van der Waals surface area contributed by atoms with Crippen LogP contribution >= 0.6 is 11.6 Å². The van der Waals surface area contributed by atoms with Crippen molar-refractivity contribution in [1.82, 2.24) is 5.32 Å². The molecule has 0 aromatic heterocycles. The Kier molecular flexibility index (Phi) is 6.86. The van der Waals surface area contributed by atoms with Crippen LogP contribution in [0.2, 0.25) is 5.02 Å². The van der Waals surface area contributed by atoms with Crippen LogP contribution < -0.4 is 10.6 Å². The molecule has 0 saturated carbocycles. The summed E-state index contributed by atoms with van der Waals surface area (Å²) in [6.45, 7) is 6.97. The Morgan fingerprint density at radius 1 is 1.24 bits per heavy atom. The number of benzene rings is 2. The minimum atomic E-state index is -0.476. The second kappa shape index (κ2) is 9.36. The molecule has 1 aliphatic rings. The van der Waals surface area contributed by atoms with Gasteiger partial charge in [-0.15, -0.1) is 0 Å². The van der Waals surface area contributed by atoms with Crippen molar-refractivity contribution < 1.29 is 9.90 Å². The summed E-state index contributed by atoms with van der Waals surface area (Å²) in [5, 5.41) is 17.9.